The van der Waals surface area contributed by atoms with Crippen LogP contribution in [0.4, 0.5) is 5.82 Å². The number of anilines is 1. The summed E-state index contributed by atoms with van der Waals surface area (Å²) in [4.78, 5) is 24.1. The molecule has 24 heavy (non-hydrogen) atoms. The molecule has 3 rings (SSSR count). The third kappa shape index (κ3) is 4.26. The standard InChI is InChI=1S/C18H21N3O2S/c22-16(14-6-2-1-3-7-14)12-24-13-18(23)20-17-10-11-19-21(17)15-8-4-5-9-15/h1-3,6-7,10-11,15H,4-5,8-9,12-13H2,(H,20,23). The first kappa shape index (κ1) is 16.8. The Morgan fingerprint density at radius 2 is 1.88 bits per heavy atom. The van der Waals surface area contributed by atoms with E-state index in [1.165, 1.54) is 24.6 Å². The fraction of sp³-hybridized carbons (Fsp3) is 0.389. The van der Waals surface area contributed by atoms with Crippen LogP contribution in [0.1, 0.15) is 42.1 Å². The number of hydrogen-bond donors (Lipinski definition) is 1. The molecule has 5 nitrogen and oxygen atoms in total. The topological polar surface area (TPSA) is 64.0 Å². The fourth-order valence-corrected chi connectivity index (χ4v) is 3.69. The van der Waals surface area contributed by atoms with Crippen LogP contribution in [0, 0.1) is 0 Å². The van der Waals surface area contributed by atoms with E-state index >= 15 is 0 Å². The van der Waals surface area contributed by atoms with Crippen molar-refractivity contribution >= 4 is 29.3 Å². The molecule has 6 heteroatoms. The molecule has 1 aliphatic rings. The molecule has 1 aliphatic carbocycles. The summed E-state index contributed by atoms with van der Waals surface area (Å²) in [6.45, 7) is 0. The summed E-state index contributed by atoms with van der Waals surface area (Å²) in [5.74, 6) is 1.26. The average Bonchev–Trinajstić information content (AvgIpc) is 3.26. The number of amides is 1. The number of rotatable bonds is 7. The number of aromatic nitrogens is 2. The number of carbonyl (C=O) groups excluding carboxylic acids is 2. The van der Waals surface area contributed by atoms with E-state index in [1.54, 1.807) is 18.3 Å². The van der Waals surface area contributed by atoms with Gasteiger partial charge in [0.15, 0.2) is 5.78 Å². The van der Waals surface area contributed by atoms with Crippen molar-refractivity contribution in [3.05, 3.63) is 48.2 Å². The Labute approximate surface area is 145 Å². The Kier molecular flexibility index (Phi) is 5.69. The molecule has 1 aromatic carbocycles. The Hall–Kier alpha value is -2.08. The van der Waals surface area contributed by atoms with Gasteiger partial charge in [-0.05, 0) is 12.8 Å². The lowest BCUT2D eigenvalue weighted by Gasteiger charge is -2.14. The van der Waals surface area contributed by atoms with Crippen molar-refractivity contribution in [3.8, 4) is 0 Å². The van der Waals surface area contributed by atoms with Gasteiger partial charge in [0, 0.05) is 11.6 Å². The monoisotopic (exact) mass is 343 g/mol. The van der Waals surface area contributed by atoms with Crippen LogP contribution in [0.2, 0.25) is 0 Å². The van der Waals surface area contributed by atoms with Gasteiger partial charge in [-0.1, -0.05) is 43.2 Å². The SMILES string of the molecule is O=C(CSCC(=O)c1ccccc1)Nc1ccnn1C1CCCC1. The van der Waals surface area contributed by atoms with Crippen LogP contribution in [-0.4, -0.2) is 33.0 Å². The zero-order valence-corrected chi connectivity index (χ0v) is 14.3. The number of nitrogens with zero attached hydrogens (tertiary/aromatic N) is 2. The summed E-state index contributed by atoms with van der Waals surface area (Å²) in [5.41, 5.74) is 0.685. The van der Waals surface area contributed by atoms with Crippen molar-refractivity contribution < 1.29 is 9.59 Å². The molecular formula is C18H21N3O2S. The second kappa shape index (κ2) is 8.15. The molecule has 126 valence electrons. The molecule has 0 spiro atoms. The number of Topliss-reactive ketones (excluding diaryl/α,β-unsaturated/α-hetero) is 1. The van der Waals surface area contributed by atoms with E-state index < -0.39 is 0 Å². The number of ketones is 1. The van der Waals surface area contributed by atoms with Crippen molar-refractivity contribution in [1.82, 2.24) is 9.78 Å². The molecule has 1 aromatic heterocycles. The summed E-state index contributed by atoms with van der Waals surface area (Å²) in [6, 6.07) is 11.4. The molecular weight excluding hydrogens is 322 g/mol. The summed E-state index contributed by atoms with van der Waals surface area (Å²) in [7, 11) is 0. The number of benzene rings is 1. The zero-order valence-electron chi connectivity index (χ0n) is 13.5. The van der Waals surface area contributed by atoms with Gasteiger partial charge in [0.05, 0.1) is 23.7 Å². The van der Waals surface area contributed by atoms with Crippen molar-refractivity contribution in [2.75, 3.05) is 16.8 Å². The average molecular weight is 343 g/mol. The van der Waals surface area contributed by atoms with Crippen LogP contribution in [0.15, 0.2) is 42.6 Å². The van der Waals surface area contributed by atoms with E-state index in [0.717, 1.165) is 18.7 Å². The third-order valence-corrected chi connectivity index (χ3v) is 5.10. The van der Waals surface area contributed by atoms with Gasteiger partial charge in [0.25, 0.3) is 0 Å². The second-order valence-electron chi connectivity index (χ2n) is 5.93. The molecule has 0 aliphatic heterocycles. The molecule has 0 atom stereocenters. The summed E-state index contributed by atoms with van der Waals surface area (Å²) >= 11 is 1.33. The maximum Gasteiger partial charge on any atom is 0.235 e. The summed E-state index contributed by atoms with van der Waals surface area (Å²) in [6.07, 6.45) is 6.39. The molecule has 1 N–H and O–H groups in total. The predicted octanol–water partition coefficient (Wildman–Crippen LogP) is 3.55. The van der Waals surface area contributed by atoms with Crippen LogP contribution in [0.25, 0.3) is 0 Å². The molecule has 0 bridgehead atoms. The molecule has 2 aromatic rings. The minimum Gasteiger partial charge on any atom is -0.310 e. The summed E-state index contributed by atoms with van der Waals surface area (Å²) in [5, 5.41) is 7.25. The fourth-order valence-electron chi connectivity index (χ4n) is 2.98. The van der Waals surface area contributed by atoms with Crippen LogP contribution >= 0.6 is 11.8 Å². The first-order chi connectivity index (χ1) is 11.7. The Bertz CT molecular complexity index is 693. The van der Waals surface area contributed by atoms with E-state index in [0.29, 0.717) is 17.4 Å². The maximum atomic E-state index is 12.1. The highest BCUT2D eigenvalue weighted by molar-refractivity contribution is 8.00. The van der Waals surface area contributed by atoms with Gasteiger partial charge in [0.2, 0.25) is 5.91 Å². The van der Waals surface area contributed by atoms with E-state index in [2.05, 4.69) is 10.4 Å². The van der Waals surface area contributed by atoms with Gasteiger partial charge in [-0.25, -0.2) is 4.68 Å². The zero-order chi connectivity index (χ0) is 16.8. The number of carbonyl (C=O) groups is 2. The lowest BCUT2D eigenvalue weighted by molar-refractivity contribution is -0.113. The second-order valence-corrected chi connectivity index (χ2v) is 6.92. The van der Waals surface area contributed by atoms with Gasteiger partial charge in [-0.3, -0.25) is 9.59 Å². The van der Waals surface area contributed by atoms with E-state index in [-0.39, 0.29) is 17.4 Å². The van der Waals surface area contributed by atoms with Gasteiger partial charge >= 0.3 is 0 Å². The maximum absolute atomic E-state index is 12.1. The number of hydrogen-bond acceptors (Lipinski definition) is 4. The van der Waals surface area contributed by atoms with Crippen molar-refractivity contribution in [2.24, 2.45) is 0 Å². The molecule has 1 saturated carbocycles. The highest BCUT2D eigenvalue weighted by atomic mass is 32.2. The lowest BCUT2D eigenvalue weighted by atomic mass is 10.2. The molecule has 0 unspecified atom stereocenters. The van der Waals surface area contributed by atoms with Crippen molar-refractivity contribution in [1.29, 1.82) is 0 Å². The molecule has 0 saturated heterocycles. The van der Waals surface area contributed by atoms with Gasteiger partial charge in [-0.15, -0.1) is 11.8 Å². The molecule has 1 fully saturated rings. The van der Waals surface area contributed by atoms with Crippen molar-refractivity contribution in [3.63, 3.8) is 0 Å². The minimum absolute atomic E-state index is 0.0457. The highest BCUT2D eigenvalue weighted by Crippen LogP contribution is 2.31. The predicted molar refractivity (Wildman–Crippen MR) is 96.5 cm³/mol. The smallest absolute Gasteiger partial charge is 0.235 e. The van der Waals surface area contributed by atoms with Gasteiger partial charge in [-0.2, -0.15) is 5.10 Å². The van der Waals surface area contributed by atoms with Crippen LogP contribution in [0.3, 0.4) is 0 Å². The molecule has 1 amide bonds. The Balaban J connectivity index is 1.46. The van der Waals surface area contributed by atoms with Gasteiger partial charge in [0.1, 0.15) is 5.82 Å². The minimum atomic E-state index is -0.0967. The van der Waals surface area contributed by atoms with Gasteiger partial charge < -0.3 is 5.32 Å². The first-order valence-electron chi connectivity index (χ1n) is 8.23. The normalized spacial score (nSPS) is 14.7. The highest BCUT2D eigenvalue weighted by Gasteiger charge is 2.20. The molecule has 1 heterocycles. The number of nitrogens with one attached hydrogen (secondary N) is 1. The summed E-state index contributed by atoms with van der Waals surface area (Å²) < 4.78 is 1.92. The van der Waals surface area contributed by atoms with Crippen LogP contribution in [-0.2, 0) is 4.79 Å². The largest absolute Gasteiger partial charge is 0.310 e. The Morgan fingerprint density at radius 3 is 2.62 bits per heavy atom. The quantitative estimate of drug-likeness (QED) is 0.781. The Morgan fingerprint density at radius 1 is 1.12 bits per heavy atom. The molecule has 0 radical (unpaired) electrons. The lowest BCUT2D eigenvalue weighted by Crippen LogP contribution is -2.19. The van der Waals surface area contributed by atoms with E-state index in [9.17, 15) is 9.59 Å². The van der Waals surface area contributed by atoms with E-state index in [4.69, 9.17) is 0 Å². The van der Waals surface area contributed by atoms with Crippen LogP contribution < -0.4 is 5.32 Å². The number of thioether (sulfide) groups is 1. The van der Waals surface area contributed by atoms with Crippen LogP contribution in [0.5, 0.6) is 0 Å². The third-order valence-electron chi connectivity index (χ3n) is 4.17. The van der Waals surface area contributed by atoms with E-state index in [1.807, 2.05) is 28.9 Å². The van der Waals surface area contributed by atoms with Crippen molar-refractivity contribution in [2.45, 2.75) is 31.7 Å². The first-order valence-corrected chi connectivity index (χ1v) is 9.39.